The second kappa shape index (κ2) is 8.70. The fourth-order valence-corrected chi connectivity index (χ4v) is 4.68. The topological polar surface area (TPSA) is 102 Å². The molecule has 0 saturated carbocycles. The molecule has 5 aromatic rings. The van der Waals surface area contributed by atoms with Gasteiger partial charge in [-0.15, -0.1) is 0 Å². The maximum Gasteiger partial charge on any atom is 0.187 e. The van der Waals surface area contributed by atoms with Crippen molar-refractivity contribution in [3.8, 4) is 23.0 Å². The summed E-state index contributed by atoms with van der Waals surface area (Å²) in [7, 11) is 0. The number of piperidine rings is 1. The van der Waals surface area contributed by atoms with Crippen LogP contribution in [0, 0.1) is 12.8 Å². The number of fused-ring (bicyclic) bond motifs is 2. The first-order valence-electron chi connectivity index (χ1n) is 11.4. The van der Waals surface area contributed by atoms with E-state index in [4.69, 9.17) is 25.8 Å². The van der Waals surface area contributed by atoms with E-state index in [1.807, 2.05) is 37.3 Å². The number of hydrogen-bond donors (Lipinski definition) is 2. The van der Waals surface area contributed by atoms with Gasteiger partial charge in [0, 0.05) is 12.1 Å². The molecule has 9 heteroatoms. The highest BCUT2D eigenvalue weighted by Gasteiger charge is 2.18. The number of ether oxygens (including phenoxy) is 1. The van der Waals surface area contributed by atoms with Crippen molar-refractivity contribution in [1.29, 1.82) is 0 Å². The molecule has 0 spiro atoms. The Bertz CT molecular complexity index is 1490. The second-order valence-electron chi connectivity index (χ2n) is 8.68. The molecule has 0 radical (unpaired) electrons. The van der Waals surface area contributed by atoms with Crippen molar-refractivity contribution in [3.63, 3.8) is 0 Å². The van der Waals surface area contributed by atoms with Crippen molar-refractivity contribution < 1.29 is 9.26 Å². The van der Waals surface area contributed by atoms with Gasteiger partial charge in [0.05, 0.1) is 28.4 Å². The third-order valence-electron chi connectivity index (χ3n) is 6.19. The van der Waals surface area contributed by atoms with E-state index in [-0.39, 0.29) is 0 Å². The highest BCUT2D eigenvalue weighted by Crippen LogP contribution is 2.35. The minimum atomic E-state index is 0.391. The smallest absolute Gasteiger partial charge is 0.187 e. The number of aromatic nitrogens is 5. The van der Waals surface area contributed by atoms with Crippen molar-refractivity contribution in [2.24, 2.45) is 5.92 Å². The highest BCUT2D eigenvalue weighted by atomic mass is 35.5. The van der Waals surface area contributed by atoms with Crippen molar-refractivity contribution >= 4 is 33.7 Å². The van der Waals surface area contributed by atoms with E-state index in [1.54, 1.807) is 12.3 Å². The van der Waals surface area contributed by atoms with Gasteiger partial charge in [-0.25, -0.2) is 9.97 Å². The molecule has 1 aliphatic rings. The molecule has 34 heavy (non-hydrogen) atoms. The Morgan fingerprint density at radius 3 is 2.82 bits per heavy atom. The van der Waals surface area contributed by atoms with Crippen LogP contribution in [0.3, 0.4) is 0 Å². The van der Waals surface area contributed by atoms with Crippen molar-refractivity contribution in [3.05, 3.63) is 59.1 Å². The maximum atomic E-state index is 6.71. The number of nitrogens with zero attached hydrogens (tertiary/aromatic N) is 4. The fraction of sp³-hybridized carbons (Fsp3) is 0.280. The average Bonchev–Trinajstić information content (AvgIpc) is 3.47. The molecule has 2 N–H and O–H groups in total. The first-order chi connectivity index (χ1) is 16.6. The Morgan fingerprint density at radius 1 is 1.09 bits per heavy atom. The van der Waals surface area contributed by atoms with Crippen molar-refractivity contribution in [2.45, 2.75) is 26.2 Å². The molecule has 0 amide bonds. The molecule has 1 saturated heterocycles. The van der Waals surface area contributed by atoms with Gasteiger partial charge in [0.1, 0.15) is 33.6 Å². The Morgan fingerprint density at radius 2 is 1.94 bits per heavy atom. The summed E-state index contributed by atoms with van der Waals surface area (Å²) in [5, 5.41) is 8.04. The van der Waals surface area contributed by atoms with Crippen LogP contribution in [-0.2, 0) is 6.42 Å². The van der Waals surface area contributed by atoms with Gasteiger partial charge >= 0.3 is 0 Å². The molecule has 6 rings (SSSR count). The largest absolute Gasteiger partial charge is 0.456 e. The van der Waals surface area contributed by atoms with Crippen LogP contribution in [0.4, 0.5) is 0 Å². The fourth-order valence-electron chi connectivity index (χ4n) is 4.44. The monoisotopic (exact) mass is 474 g/mol. The van der Waals surface area contributed by atoms with Crippen molar-refractivity contribution in [1.82, 2.24) is 30.4 Å². The third kappa shape index (κ3) is 4.10. The summed E-state index contributed by atoms with van der Waals surface area (Å²) in [4.78, 5) is 16.9. The van der Waals surface area contributed by atoms with Crippen LogP contribution in [0.25, 0.3) is 33.5 Å². The van der Waals surface area contributed by atoms with Crippen LogP contribution in [0.1, 0.15) is 24.4 Å². The number of aryl methyl sites for hydroxylation is 1. The van der Waals surface area contributed by atoms with Gasteiger partial charge in [0.2, 0.25) is 0 Å². The minimum absolute atomic E-state index is 0.391. The summed E-state index contributed by atoms with van der Waals surface area (Å²) in [5.74, 6) is 3.21. The Hall–Kier alpha value is -3.49. The maximum absolute atomic E-state index is 6.71. The number of rotatable bonds is 5. The molecular formula is C25H23ClN6O2. The standard InChI is InChI=1S/C25H23ClN6O2/c1-14-29-18-3-2-17(12-20(18)30-14)33-22-5-4-19-25(24(22)26)31-21(13-28-19)23-11-16(32-34-23)10-15-6-8-27-9-7-15/h2-5,11-13,15,27H,6-10H2,1H3,(H,29,30). The second-order valence-corrected chi connectivity index (χ2v) is 9.06. The zero-order valence-corrected chi connectivity index (χ0v) is 19.4. The predicted molar refractivity (Wildman–Crippen MR) is 130 cm³/mol. The normalized spacial score (nSPS) is 14.8. The number of hydrogen-bond acceptors (Lipinski definition) is 7. The number of imidazole rings is 1. The lowest BCUT2D eigenvalue weighted by Gasteiger charge is -2.21. The van der Waals surface area contributed by atoms with E-state index in [0.29, 0.717) is 44.9 Å². The van der Waals surface area contributed by atoms with Crippen LogP contribution in [-0.4, -0.2) is 38.2 Å². The van der Waals surface area contributed by atoms with Gasteiger partial charge in [0.15, 0.2) is 5.76 Å². The number of H-pyrrole nitrogens is 1. The van der Waals surface area contributed by atoms with Crippen LogP contribution >= 0.6 is 11.6 Å². The van der Waals surface area contributed by atoms with Gasteiger partial charge < -0.3 is 19.6 Å². The number of benzene rings is 2. The lowest BCUT2D eigenvalue weighted by molar-refractivity contribution is 0.357. The molecule has 0 bridgehead atoms. The summed E-state index contributed by atoms with van der Waals surface area (Å²) in [5.41, 5.74) is 4.54. The summed E-state index contributed by atoms with van der Waals surface area (Å²) < 4.78 is 11.7. The summed E-state index contributed by atoms with van der Waals surface area (Å²) in [6.45, 7) is 4.04. The molecular weight excluding hydrogens is 452 g/mol. The number of nitrogens with one attached hydrogen (secondary N) is 2. The summed E-state index contributed by atoms with van der Waals surface area (Å²) >= 11 is 6.71. The van der Waals surface area contributed by atoms with Crippen LogP contribution in [0.5, 0.6) is 11.5 Å². The van der Waals surface area contributed by atoms with Gasteiger partial charge in [-0.2, -0.15) is 0 Å². The quantitative estimate of drug-likeness (QED) is 0.349. The molecule has 1 aliphatic heterocycles. The molecule has 0 unspecified atom stereocenters. The van der Waals surface area contributed by atoms with E-state index >= 15 is 0 Å². The van der Waals surface area contributed by atoms with Gasteiger partial charge in [-0.3, -0.25) is 4.98 Å². The number of aromatic amines is 1. The zero-order valence-electron chi connectivity index (χ0n) is 18.6. The minimum Gasteiger partial charge on any atom is -0.456 e. The Balaban J connectivity index is 1.28. The number of halogens is 1. The SMILES string of the molecule is Cc1nc2ccc(Oc3ccc4ncc(-c5cc(CC6CCNCC6)no5)nc4c3Cl)cc2[nH]1. The first-order valence-corrected chi connectivity index (χ1v) is 11.8. The van der Waals surface area contributed by atoms with Gasteiger partial charge in [-0.05, 0) is 69.5 Å². The summed E-state index contributed by atoms with van der Waals surface area (Å²) in [6.07, 6.45) is 4.90. The molecule has 0 aliphatic carbocycles. The van der Waals surface area contributed by atoms with Crippen LogP contribution in [0.15, 0.2) is 47.1 Å². The molecule has 4 heterocycles. The molecule has 2 aromatic carbocycles. The molecule has 0 atom stereocenters. The van der Waals surface area contributed by atoms with E-state index in [0.717, 1.165) is 54.9 Å². The Labute approximate surface area is 200 Å². The molecule has 172 valence electrons. The highest BCUT2D eigenvalue weighted by molar-refractivity contribution is 6.36. The van der Waals surface area contributed by atoms with Gasteiger partial charge in [-0.1, -0.05) is 16.8 Å². The lowest BCUT2D eigenvalue weighted by atomic mass is 9.93. The van der Waals surface area contributed by atoms with E-state index in [1.165, 1.54) is 0 Å². The van der Waals surface area contributed by atoms with Crippen LogP contribution < -0.4 is 10.1 Å². The molecule has 8 nitrogen and oxygen atoms in total. The van der Waals surface area contributed by atoms with Crippen molar-refractivity contribution in [2.75, 3.05) is 13.1 Å². The molecule has 3 aromatic heterocycles. The molecule has 1 fully saturated rings. The lowest BCUT2D eigenvalue weighted by Crippen LogP contribution is -2.28. The van der Waals surface area contributed by atoms with E-state index < -0.39 is 0 Å². The van der Waals surface area contributed by atoms with E-state index in [2.05, 4.69) is 25.4 Å². The first kappa shape index (κ1) is 21.1. The predicted octanol–water partition coefficient (Wildman–Crippen LogP) is 5.46. The van der Waals surface area contributed by atoms with Crippen LogP contribution in [0.2, 0.25) is 5.02 Å². The zero-order chi connectivity index (χ0) is 23.1. The summed E-state index contributed by atoms with van der Waals surface area (Å²) in [6, 6.07) is 11.3. The Kier molecular flexibility index (Phi) is 5.39. The van der Waals surface area contributed by atoms with E-state index in [9.17, 15) is 0 Å². The third-order valence-corrected chi connectivity index (χ3v) is 6.55. The van der Waals surface area contributed by atoms with Gasteiger partial charge in [0.25, 0.3) is 0 Å². The average molecular weight is 475 g/mol.